The predicted octanol–water partition coefficient (Wildman–Crippen LogP) is 3.12. The van der Waals surface area contributed by atoms with Crippen molar-refractivity contribution in [2.45, 2.75) is 38.5 Å². The summed E-state index contributed by atoms with van der Waals surface area (Å²) in [5.41, 5.74) is 2.51. The molecule has 0 bridgehead atoms. The summed E-state index contributed by atoms with van der Waals surface area (Å²) in [4.78, 5) is 0. The summed E-state index contributed by atoms with van der Waals surface area (Å²) in [6.07, 6.45) is 12.5. The lowest BCUT2D eigenvalue weighted by Gasteiger charge is -2.20. The summed E-state index contributed by atoms with van der Waals surface area (Å²) in [5.74, 6) is 0.143. The summed E-state index contributed by atoms with van der Waals surface area (Å²) in [7, 11) is 0. The van der Waals surface area contributed by atoms with Gasteiger partial charge in [-0.1, -0.05) is 30.4 Å². The number of hydrogen-bond donors (Lipinski definition) is 0. The van der Waals surface area contributed by atoms with Crippen molar-refractivity contribution in [1.29, 1.82) is 0 Å². The molecule has 0 unspecified atom stereocenters. The van der Waals surface area contributed by atoms with E-state index in [2.05, 4.69) is 24.3 Å². The first-order valence-electron chi connectivity index (χ1n) is 9.04. The fourth-order valence-electron chi connectivity index (χ4n) is 3.64. The van der Waals surface area contributed by atoms with Gasteiger partial charge in [0.1, 0.15) is 11.5 Å². The van der Waals surface area contributed by atoms with Crippen LogP contribution in [0.5, 0.6) is 0 Å². The number of aryl methyl sites for hydroxylation is 1. The third-order valence-corrected chi connectivity index (χ3v) is 5.00. The SMILES string of the molecule is Cc1ccc(-n2nc(C3CCOCC3)c3/c2=C\CC/C=C\C=3)c(F)c1. The minimum absolute atomic E-state index is 0.227. The van der Waals surface area contributed by atoms with Crippen molar-refractivity contribution in [3.63, 3.8) is 0 Å². The molecule has 1 fully saturated rings. The van der Waals surface area contributed by atoms with Crippen LogP contribution >= 0.6 is 0 Å². The molecule has 1 aromatic carbocycles. The van der Waals surface area contributed by atoms with E-state index in [4.69, 9.17) is 9.84 Å². The molecule has 2 aromatic rings. The maximum Gasteiger partial charge on any atom is 0.149 e. The van der Waals surface area contributed by atoms with Crippen LogP contribution in [0, 0.1) is 12.7 Å². The van der Waals surface area contributed by atoms with Crippen LogP contribution in [0.3, 0.4) is 0 Å². The lowest BCUT2D eigenvalue weighted by Crippen LogP contribution is -2.31. The molecule has 4 rings (SSSR count). The monoisotopic (exact) mass is 338 g/mol. The zero-order valence-corrected chi connectivity index (χ0v) is 14.5. The maximum atomic E-state index is 14.6. The van der Waals surface area contributed by atoms with E-state index < -0.39 is 0 Å². The third kappa shape index (κ3) is 3.19. The molecule has 0 radical (unpaired) electrons. The second kappa shape index (κ2) is 6.96. The molecular formula is C21H23FN2O. The second-order valence-electron chi connectivity index (χ2n) is 6.81. The van der Waals surface area contributed by atoms with E-state index in [9.17, 15) is 4.39 Å². The van der Waals surface area contributed by atoms with E-state index in [0.717, 1.165) is 60.7 Å². The molecule has 25 heavy (non-hydrogen) atoms. The van der Waals surface area contributed by atoms with Crippen LogP contribution < -0.4 is 10.6 Å². The number of halogens is 1. The molecule has 130 valence electrons. The van der Waals surface area contributed by atoms with Crippen LogP contribution in [-0.4, -0.2) is 23.0 Å². The Morgan fingerprint density at radius 2 is 2.04 bits per heavy atom. The highest BCUT2D eigenvalue weighted by atomic mass is 19.1. The van der Waals surface area contributed by atoms with Gasteiger partial charge in [0.15, 0.2) is 0 Å². The standard InChI is InChI=1S/C21H23FN2O/c1-15-8-9-20(18(22)14-15)24-19-7-5-3-2-4-6-17(19)21(23-24)16-10-12-25-13-11-16/h2,4,6-9,14,16H,3,5,10-13H2,1H3/b4-2-,17-6+,19-7+. The quantitative estimate of drug-likeness (QED) is 0.841. The highest BCUT2D eigenvalue weighted by Gasteiger charge is 2.22. The molecule has 1 aliphatic carbocycles. The topological polar surface area (TPSA) is 27.1 Å². The van der Waals surface area contributed by atoms with E-state index in [1.165, 1.54) is 0 Å². The van der Waals surface area contributed by atoms with Gasteiger partial charge in [-0.05, 0) is 50.3 Å². The van der Waals surface area contributed by atoms with Gasteiger partial charge in [-0.25, -0.2) is 9.07 Å². The minimum Gasteiger partial charge on any atom is -0.381 e. The zero-order valence-electron chi connectivity index (χ0n) is 14.5. The lowest BCUT2D eigenvalue weighted by atomic mass is 9.95. The van der Waals surface area contributed by atoms with Crippen LogP contribution in [0.25, 0.3) is 17.8 Å². The highest BCUT2D eigenvalue weighted by Crippen LogP contribution is 2.23. The molecule has 0 saturated carbocycles. The summed E-state index contributed by atoms with van der Waals surface area (Å²) >= 11 is 0. The first-order chi connectivity index (χ1) is 12.2. The van der Waals surface area contributed by atoms with Crippen molar-refractivity contribution in [2.75, 3.05) is 13.2 Å². The number of hydrogen-bond acceptors (Lipinski definition) is 2. The molecule has 4 heteroatoms. The number of fused-ring (bicyclic) bond motifs is 1. The molecule has 1 aliphatic heterocycles. The molecule has 0 atom stereocenters. The Kier molecular flexibility index (Phi) is 4.53. The Bertz CT molecular complexity index is 920. The fourth-order valence-corrected chi connectivity index (χ4v) is 3.64. The molecule has 2 heterocycles. The van der Waals surface area contributed by atoms with Crippen molar-refractivity contribution in [1.82, 2.24) is 9.78 Å². The molecule has 1 saturated heterocycles. The number of benzene rings is 1. The second-order valence-corrected chi connectivity index (χ2v) is 6.81. The van der Waals surface area contributed by atoms with Gasteiger partial charge in [-0.3, -0.25) is 0 Å². The van der Waals surface area contributed by atoms with E-state index in [1.54, 1.807) is 10.7 Å². The molecule has 1 aromatic heterocycles. The van der Waals surface area contributed by atoms with Crippen molar-refractivity contribution in [3.8, 4) is 5.69 Å². The van der Waals surface area contributed by atoms with Gasteiger partial charge in [-0.15, -0.1) is 0 Å². The largest absolute Gasteiger partial charge is 0.381 e. The molecular weight excluding hydrogens is 315 g/mol. The molecule has 0 amide bonds. The average Bonchev–Trinajstić information content (AvgIpc) is 2.93. The smallest absolute Gasteiger partial charge is 0.149 e. The summed E-state index contributed by atoms with van der Waals surface area (Å²) < 4.78 is 21.9. The first-order valence-corrected chi connectivity index (χ1v) is 9.04. The van der Waals surface area contributed by atoms with E-state index in [1.807, 2.05) is 19.1 Å². The van der Waals surface area contributed by atoms with Crippen molar-refractivity contribution < 1.29 is 9.13 Å². The highest BCUT2D eigenvalue weighted by molar-refractivity contribution is 5.45. The van der Waals surface area contributed by atoms with Gasteiger partial charge in [0.05, 0.1) is 11.0 Å². The number of ether oxygens (including phenoxy) is 1. The molecule has 3 nitrogen and oxygen atoms in total. The van der Waals surface area contributed by atoms with Gasteiger partial charge in [0.25, 0.3) is 0 Å². The van der Waals surface area contributed by atoms with Gasteiger partial charge >= 0.3 is 0 Å². The van der Waals surface area contributed by atoms with Crippen molar-refractivity contribution >= 4 is 12.2 Å². The van der Waals surface area contributed by atoms with E-state index in [-0.39, 0.29) is 5.82 Å². The van der Waals surface area contributed by atoms with Crippen LogP contribution in [0.4, 0.5) is 4.39 Å². The average molecular weight is 338 g/mol. The minimum atomic E-state index is -0.227. The van der Waals surface area contributed by atoms with Crippen LogP contribution in [0.2, 0.25) is 0 Å². The first kappa shape index (κ1) is 16.3. The van der Waals surface area contributed by atoms with Gasteiger partial charge in [0, 0.05) is 24.4 Å². The normalized spacial score (nSPS) is 22.0. The van der Waals surface area contributed by atoms with E-state index in [0.29, 0.717) is 11.6 Å². The van der Waals surface area contributed by atoms with E-state index >= 15 is 0 Å². The Labute approximate surface area is 147 Å². The van der Waals surface area contributed by atoms with Crippen LogP contribution in [0.15, 0.2) is 30.4 Å². The lowest BCUT2D eigenvalue weighted by molar-refractivity contribution is 0.0842. The molecule has 2 aliphatic rings. The Balaban J connectivity index is 1.94. The Hall–Kier alpha value is -2.20. The zero-order chi connectivity index (χ0) is 17.2. The van der Waals surface area contributed by atoms with Crippen molar-refractivity contribution in [3.05, 3.63) is 58.0 Å². The summed E-state index contributed by atoms with van der Waals surface area (Å²) in [6, 6.07) is 5.34. The number of aromatic nitrogens is 2. The molecule has 0 spiro atoms. The third-order valence-electron chi connectivity index (χ3n) is 5.00. The number of allylic oxidation sites excluding steroid dienone is 2. The van der Waals surface area contributed by atoms with Crippen LogP contribution in [-0.2, 0) is 4.74 Å². The van der Waals surface area contributed by atoms with Gasteiger partial charge in [-0.2, -0.15) is 5.10 Å². The predicted molar refractivity (Wildman–Crippen MR) is 97.6 cm³/mol. The van der Waals surface area contributed by atoms with Gasteiger partial charge < -0.3 is 4.74 Å². The van der Waals surface area contributed by atoms with Crippen LogP contribution in [0.1, 0.15) is 42.9 Å². The fraction of sp³-hybridized carbons (Fsp3) is 0.381. The summed E-state index contributed by atoms with van der Waals surface area (Å²) in [5, 5.41) is 7.02. The van der Waals surface area contributed by atoms with Crippen molar-refractivity contribution in [2.24, 2.45) is 0 Å². The number of nitrogens with zero attached hydrogens (tertiary/aromatic N) is 2. The Morgan fingerprint density at radius 1 is 1.20 bits per heavy atom. The number of rotatable bonds is 2. The summed E-state index contributed by atoms with van der Waals surface area (Å²) in [6.45, 7) is 3.44. The Morgan fingerprint density at radius 3 is 2.84 bits per heavy atom. The maximum absolute atomic E-state index is 14.6. The van der Waals surface area contributed by atoms with Gasteiger partial charge in [0.2, 0.25) is 0 Å². The molecule has 0 N–H and O–H groups in total.